The van der Waals surface area contributed by atoms with E-state index in [4.69, 9.17) is 4.74 Å². The van der Waals surface area contributed by atoms with Crippen LogP contribution in [0.2, 0.25) is 0 Å². The highest BCUT2D eigenvalue weighted by molar-refractivity contribution is 5.28. The van der Waals surface area contributed by atoms with Crippen molar-refractivity contribution in [3.05, 3.63) is 29.8 Å². The Hall–Kier alpha value is -1.02. The first kappa shape index (κ1) is 11.1. The van der Waals surface area contributed by atoms with Gasteiger partial charge in [-0.1, -0.05) is 19.1 Å². The average molecular weight is 194 g/mol. The van der Waals surface area contributed by atoms with Crippen molar-refractivity contribution in [2.75, 3.05) is 6.61 Å². The summed E-state index contributed by atoms with van der Waals surface area (Å²) in [6.45, 7) is 4.63. The molecule has 0 saturated carbocycles. The first-order valence-corrected chi connectivity index (χ1v) is 5.16. The molecule has 78 valence electrons. The zero-order valence-electron chi connectivity index (χ0n) is 8.86. The lowest BCUT2D eigenvalue weighted by atomic mass is 10.1. The van der Waals surface area contributed by atoms with E-state index < -0.39 is 0 Å². The van der Waals surface area contributed by atoms with E-state index in [0.717, 1.165) is 17.7 Å². The van der Waals surface area contributed by atoms with Gasteiger partial charge >= 0.3 is 0 Å². The van der Waals surface area contributed by atoms with Crippen molar-refractivity contribution in [2.45, 2.75) is 32.8 Å². The summed E-state index contributed by atoms with van der Waals surface area (Å²) in [4.78, 5) is 0. The van der Waals surface area contributed by atoms with Gasteiger partial charge < -0.3 is 9.84 Å². The lowest BCUT2D eigenvalue weighted by molar-refractivity contribution is 0.170. The summed E-state index contributed by atoms with van der Waals surface area (Å²) in [5.41, 5.74) is 1.13. The van der Waals surface area contributed by atoms with E-state index >= 15 is 0 Å². The molecule has 0 bridgehead atoms. The zero-order valence-corrected chi connectivity index (χ0v) is 8.86. The van der Waals surface area contributed by atoms with Crippen LogP contribution in [0.25, 0.3) is 0 Å². The summed E-state index contributed by atoms with van der Waals surface area (Å²) in [5, 5.41) is 9.49. The van der Waals surface area contributed by atoms with Crippen LogP contribution in [0.4, 0.5) is 0 Å². The Balaban J connectivity index is 2.63. The fourth-order valence-corrected chi connectivity index (χ4v) is 1.35. The number of ether oxygens (including phenoxy) is 1. The SMILES string of the molecule is CCOc1cccc(CC(O)CC)c1. The second-order valence-corrected chi connectivity index (χ2v) is 3.35. The van der Waals surface area contributed by atoms with Crippen molar-refractivity contribution >= 4 is 0 Å². The molecule has 1 aromatic carbocycles. The molecule has 0 spiro atoms. The third-order valence-corrected chi connectivity index (χ3v) is 2.15. The maximum absolute atomic E-state index is 9.49. The number of rotatable bonds is 5. The molecule has 1 rings (SSSR count). The van der Waals surface area contributed by atoms with E-state index in [9.17, 15) is 5.11 Å². The minimum Gasteiger partial charge on any atom is -0.494 e. The Kier molecular flexibility index (Phi) is 4.47. The monoisotopic (exact) mass is 194 g/mol. The summed E-state index contributed by atoms with van der Waals surface area (Å²) >= 11 is 0. The maximum Gasteiger partial charge on any atom is 0.119 e. The Labute approximate surface area is 85.5 Å². The number of benzene rings is 1. The molecular weight excluding hydrogens is 176 g/mol. The van der Waals surface area contributed by atoms with E-state index in [2.05, 4.69) is 0 Å². The molecule has 0 aliphatic heterocycles. The van der Waals surface area contributed by atoms with Crippen molar-refractivity contribution in [2.24, 2.45) is 0 Å². The quantitative estimate of drug-likeness (QED) is 0.780. The molecule has 0 heterocycles. The van der Waals surface area contributed by atoms with E-state index in [1.54, 1.807) is 0 Å². The molecule has 0 aliphatic carbocycles. The topological polar surface area (TPSA) is 29.5 Å². The highest BCUT2D eigenvalue weighted by atomic mass is 16.5. The largest absolute Gasteiger partial charge is 0.494 e. The average Bonchev–Trinajstić information content (AvgIpc) is 2.19. The van der Waals surface area contributed by atoms with Gasteiger partial charge in [0.2, 0.25) is 0 Å². The molecule has 0 aliphatic rings. The third-order valence-electron chi connectivity index (χ3n) is 2.15. The van der Waals surface area contributed by atoms with Gasteiger partial charge in [0.05, 0.1) is 12.7 Å². The molecule has 1 atom stereocenters. The molecule has 0 fully saturated rings. The maximum atomic E-state index is 9.49. The highest BCUT2D eigenvalue weighted by Crippen LogP contribution is 2.15. The number of aliphatic hydroxyl groups is 1. The second kappa shape index (κ2) is 5.66. The Morgan fingerprint density at radius 3 is 2.79 bits per heavy atom. The van der Waals surface area contributed by atoms with Gasteiger partial charge in [0.25, 0.3) is 0 Å². The van der Waals surface area contributed by atoms with Crippen LogP contribution >= 0.6 is 0 Å². The standard InChI is InChI=1S/C12H18O2/c1-3-11(13)8-10-6-5-7-12(9-10)14-4-2/h5-7,9,11,13H,3-4,8H2,1-2H3. The first-order valence-electron chi connectivity index (χ1n) is 5.16. The van der Waals surface area contributed by atoms with Crippen LogP contribution in [-0.4, -0.2) is 17.8 Å². The smallest absolute Gasteiger partial charge is 0.119 e. The summed E-state index contributed by atoms with van der Waals surface area (Å²) in [7, 11) is 0. The molecule has 1 N–H and O–H groups in total. The molecule has 14 heavy (non-hydrogen) atoms. The predicted molar refractivity (Wildman–Crippen MR) is 57.6 cm³/mol. The van der Waals surface area contributed by atoms with Crippen LogP contribution in [0.3, 0.4) is 0 Å². The number of hydrogen-bond acceptors (Lipinski definition) is 2. The molecule has 0 amide bonds. The molecule has 1 aromatic rings. The minimum absolute atomic E-state index is 0.244. The zero-order chi connectivity index (χ0) is 10.4. The van der Waals surface area contributed by atoms with Gasteiger partial charge in [0, 0.05) is 0 Å². The number of hydrogen-bond donors (Lipinski definition) is 1. The van der Waals surface area contributed by atoms with Gasteiger partial charge in [0.1, 0.15) is 5.75 Å². The lowest BCUT2D eigenvalue weighted by Crippen LogP contribution is -2.08. The van der Waals surface area contributed by atoms with Crippen LogP contribution in [-0.2, 0) is 6.42 Å². The van der Waals surface area contributed by atoms with Gasteiger partial charge in [-0.05, 0) is 37.5 Å². The van der Waals surface area contributed by atoms with Gasteiger partial charge in [-0.2, -0.15) is 0 Å². The van der Waals surface area contributed by atoms with Gasteiger partial charge in [0.15, 0.2) is 0 Å². The normalized spacial score (nSPS) is 12.5. The third kappa shape index (κ3) is 3.38. The second-order valence-electron chi connectivity index (χ2n) is 3.35. The molecule has 0 radical (unpaired) electrons. The predicted octanol–water partition coefficient (Wildman–Crippen LogP) is 2.40. The van der Waals surface area contributed by atoms with Crippen LogP contribution in [0, 0.1) is 0 Å². The fourth-order valence-electron chi connectivity index (χ4n) is 1.35. The van der Waals surface area contributed by atoms with Crippen molar-refractivity contribution in [3.63, 3.8) is 0 Å². The molecule has 2 heteroatoms. The first-order chi connectivity index (χ1) is 6.76. The van der Waals surface area contributed by atoms with Crippen molar-refractivity contribution in [3.8, 4) is 5.75 Å². The van der Waals surface area contributed by atoms with Crippen molar-refractivity contribution < 1.29 is 9.84 Å². The molecule has 1 unspecified atom stereocenters. The van der Waals surface area contributed by atoms with Gasteiger partial charge in [-0.3, -0.25) is 0 Å². The molecule has 2 nitrogen and oxygen atoms in total. The van der Waals surface area contributed by atoms with E-state index in [-0.39, 0.29) is 6.10 Å². The van der Waals surface area contributed by atoms with Crippen LogP contribution < -0.4 is 4.74 Å². The van der Waals surface area contributed by atoms with E-state index in [1.165, 1.54) is 0 Å². The minimum atomic E-state index is -0.244. The van der Waals surface area contributed by atoms with E-state index in [0.29, 0.717) is 13.0 Å². The van der Waals surface area contributed by atoms with Crippen LogP contribution in [0.15, 0.2) is 24.3 Å². The Morgan fingerprint density at radius 2 is 2.14 bits per heavy atom. The summed E-state index contributed by atoms with van der Waals surface area (Å²) < 4.78 is 5.38. The summed E-state index contributed by atoms with van der Waals surface area (Å²) in [5.74, 6) is 0.883. The van der Waals surface area contributed by atoms with Crippen molar-refractivity contribution in [1.29, 1.82) is 0 Å². The van der Waals surface area contributed by atoms with Gasteiger partial charge in [-0.25, -0.2) is 0 Å². The van der Waals surface area contributed by atoms with Gasteiger partial charge in [-0.15, -0.1) is 0 Å². The Morgan fingerprint density at radius 1 is 1.36 bits per heavy atom. The molecule has 0 saturated heterocycles. The summed E-state index contributed by atoms with van der Waals surface area (Å²) in [6.07, 6.45) is 1.25. The van der Waals surface area contributed by atoms with Crippen molar-refractivity contribution in [1.82, 2.24) is 0 Å². The molecular formula is C12H18O2. The fraction of sp³-hybridized carbons (Fsp3) is 0.500. The number of aliphatic hydroxyl groups excluding tert-OH is 1. The lowest BCUT2D eigenvalue weighted by Gasteiger charge is -2.09. The van der Waals surface area contributed by atoms with E-state index in [1.807, 2.05) is 38.1 Å². The van der Waals surface area contributed by atoms with Crippen LogP contribution in [0.1, 0.15) is 25.8 Å². The molecule has 0 aromatic heterocycles. The summed E-state index contributed by atoms with van der Waals surface area (Å²) in [6, 6.07) is 7.90. The van der Waals surface area contributed by atoms with Crippen LogP contribution in [0.5, 0.6) is 5.75 Å². The Bertz CT molecular complexity index is 271. The highest BCUT2D eigenvalue weighted by Gasteiger charge is 2.03.